The van der Waals surface area contributed by atoms with Crippen LogP contribution in [0.3, 0.4) is 0 Å². The third kappa shape index (κ3) is 11.6. The Balaban J connectivity index is 0.767. The molecule has 0 amide bonds. The summed E-state index contributed by atoms with van der Waals surface area (Å²) >= 11 is 0. The van der Waals surface area contributed by atoms with E-state index in [2.05, 4.69) is 319 Å². The average Bonchev–Trinajstić information content (AvgIpc) is 1.55. The molecular formula is C98H62N8O2. The Morgan fingerprint density at radius 3 is 1.29 bits per heavy atom. The van der Waals surface area contributed by atoms with Gasteiger partial charge in [0.15, 0.2) is 34.9 Å². The van der Waals surface area contributed by atoms with Crippen LogP contribution in [0.5, 0.6) is 0 Å². The van der Waals surface area contributed by atoms with Gasteiger partial charge in [-0.1, -0.05) is 279 Å². The van der Waals surface area contributed by atoms with E-state index >= 15 is 0 Å². The fourth-order valence-electron chi connectivity index (χ4n) is 15.2. The monoisotopic (exact) mass is 1380 g/mol. The summed E-state index contributed by atoms with van der Waals surface area (Å²) < 4.78 is 14.4. The van der Waals surface area contributed by atoms with E-state index in [1.165, 1.54) is 0 Å². The lowest BCUT2D eigenvalue weighted by Gasteiger charge is -2.28. The zero-order valence-electron chi connectivity index (χ0n) is 58.2. The number of hydrogen-bond acceptors (Lipinski definition) is 10. The first kappa shape index (κ1) is 63.0. The molecule has 0 unspecified atom stereocenters. The van der Waals surface area contributed by atoms with Crippen molar-refractivity contribution in [3.63, 3.8) is 0 Å². The number of anilines is 6. The molecule has 4 heterocycles. The second-order valence-corrected chi connectivity index (χ2v) is 26.9. The van der Waals surface area contributed by atoms with Crippen molar-refractivity contribution in [3.8, 4) is 102 Å². The second kappa shape index (κ2) is 26.8. The fraction of sp³-hybridized carbons (Fsp3) is 0. The highest BCUT2D eigenvalue weighted by Gasteiger charge is 2.26. The smallest absolute Gasteiger partial charge is 0.164 e. The minimum absolute atomic E-state index is 0.501. The molecule has 0 saturated carbocycles. The van der Waals surface area contributed by atoms with Crippen molar-refractivity contribution in [2.24, 2.45) is 0 Å². The first-order valence-electron chi connectivity index (χ1n) is 36.1. The standard InChI is InChI=1S/C98H62N8O2/c1-6-25-63(26-7-1)65-47-50-70(51-48-65)95-99-93(68-31-10-3-11-32-68)102-98(103-95)84-59-74(60-90-92(84)82-56-53-77(61-89(82)108-90)105(75-38-14-5-15-39-75)86-45-23-36-67-30-18-19-41-80(67)86)72-37-22-40-76(58-72)106(85-44-21-20-42-79(85)66-28-8-2-9-29-66)78-54-55-81-88(62-78)107-87-46-24-43-83(91(81)87)97-101-94(69-33-12-4-13-34-69)100-96(104-97)73-52-49-64-27-16-17-35-71(64)57-73/h1-62H. The minimum Gasteiger partial charge on any atom is -0.456 e. The number of aromatic nitrogens is 6. The normalized spacial score (nSPS) is 11.5. The lowest BCUT2D eigenvalue weighted by molar-refractivity contribution is 0.668. The van der Waals surface area contributed by atoms with Gasteiger partial charge >= 0.3 is 0 Å². The summed E-state index contributed by atoms with van der Waals surface area (Å²) in [6, 6.07) is 131. The summed E-state index contributed by atoms with van der Waals surface area (Å²) in [7, 11) is 0. The predicted octanol–water partition coefficient (Wildman–Crippen LogP) is 26.1. The maximum Gasteiger partial charge on any atom is 0.164 e. The van der Waals surface area contributed by atoms with Gasteiger partial charge in [-0.15, -0.1) is 0 Å². The van der Waals surface area contributed by atoms with Crippen LogP contribution < -0.4 is 9.80 Å². The van der Waals surface area contributed by atoms with E-state index in [1.807, 2.05) is 66.7 Å². The molecule has 0 aliphatic rings. The quantitative estimate of drug-likeness (QED) is 0.0984. The Morgan fingerprint density at radius 2 is 0.611 bits per heavy atom. The number of rotatable bonds is 15. The lowest BCUT2D eigenvalue weighted by Crippen LogP contribution is -2.11. The molecule has 0 spiro atoms. The van der Waals surface area contributed by atoms with Crippen LogP contribution in [0.4, 0.5) is 34.1 Å². The Kier molecular flexibility index (Phi) is 15.6. The van der Waals surface area contributed by atoms with Crippen LogP contribution >= 0.6 is 0 Å². The number of para-hydroxylation sites is 2. The molecule has 4 aromatic heterocycles. The van der Waals surface area contributed by atoms with Gasteiger partial charge in [-0.2, -0.15) is 0 Å². The maximum atomic E-state index is 7.33. The number of benzene rings is 16. The van der Waals surface area contributed by atoms with Gasteiger partial charge in [0.25, 0.3) is 0 Å². The summed E-state index contributed by atoms with van der Waals surface area (Å²) in [6.45, 7) is 0. The summed E-state index contributed by atoms with van der Waals surface area (Å²) in [6.07, 6.45) is 0. The van der Waals surface area contributed by atoms with Gasteiger partial charge in [-0.3, -0.25) is 0 Å². The van der Waals surface area contributed by atoms with E-state index in [4.69, 9.17) is 38.7 Å². The van der Waals surface area contributed by atoms with E-state index in [0.717, 1.165) is 144 Å². The fourth-order valence-corrected chi connectivity index (χ4v) is 15.2. The van der Waals surface area contributed by atoms with Crippen LogP contribution in [0.15, 0.2) is 385 Å². The van der Waals surface area contributed by atoms with Crippen LogP contribution in [0.2, 0.25) is 0 Å². The molecule has 0 N–H and O–H groups in total. The second-order valence-electron chi connectivity index (χ2n) is 26.9. The Bertz CT molecular complexity index is 6800. The van der Waals surface area contributed by atoms with Crippen molar-refractivity contribution in [1.82, 2.24) is 29.9 Å². The molecule has 0 saturated heterocycles. The van der Waals surface area contributed by atoms with E-state index in [-0.39, 0.29) is 0 Å². The van der Waals surface area contributed by atoms with Gasteiger partial charge < -0.3 is 18.6 Å². The highest BCUT2D eigenvalue weighted by atomic mass is 16.3. The van der Waals surface area contributed by atoms with Crippen molar-refractivity contribution < 1.29 is 8.83 Å². The zero-order chi connectivity index (χ0) is 71.4. The van der Waals surface area contributed by atoms with E-state index in [1.54, 1.807) is 0 Å². The minimum atomic E-state index is 0.501. The van der Waals surface area contributed by atoms with Crippen molar-refractivity contribution in [2.45, 2.75) is 0 Å². The van der Waals surface area contributed by atoms with E-state index in [9.17, 15) is 0 Å². The number of fused-ring (bicyclic) bond motifs is 8. The SMILES string of the molecule is c1ccc(-c2ccc(-c3nc(-c4ccccc4)nc(-c4cc(-c5cccc(N(c6ccc7c(c6)oc6cccc(-c8nc(-c9ccccc9)nc(-c9ccc%10ccccc%10c9)n8)c67)c6ccccc6-c6ccccc6)c5)cc5oc6cc(N(c7ccccc7)c7cccc8ccccc78)ccc6c45)n3)cc2)cc1. The van der Waals surface area contributed by atoms with Crippen LogP contribution in [-0.4, -0.2) is 29.9 Å². The maximum absolute atomic E-state index is 7.33. The van der Waals surface area contributed by atoms with Gasteiger partial charge in [0.1, 0.15) is 22.3 Å². The van der Waals surface area contributed by atoms with Crippen molar-refractivity contribution in [2.75, 3.05) is 9.80 Å². The number of hydrogen-bond donors (Lipinski definition) is 0. The molecule has 506 valence electrons. The third-order valence-electron chi connectivity index (χ3n) is 20.3. The van der Waals surface area contributed by atoms with Crippen LogP contribution in [0.1, 0.15) is 0 Å². The molecule has 20 rings (SSSR count). The van der Waals surface area contributed by atoms with Gasteiger partial charge in [0.2, 0.25) is 0 Å². The molecule has 0 atom stereocenters. The molecule has 20 aromatic rings. The number of furan rings is 2. The molecule has 0 fully saturated rings. The Labute approximate surface area is 622 Å². The van der Waals surface area contributed by atoms with Crippen molar-refractivity contribution in [1.29, 1.82) is 0 Å². The van der Waals surface area contributed by atoms with Crippen molar-refractivity contribution in [3.05, 3.63) is 376 Å². The molecular weight excluding hydrogens is 1320 g/mol. The summed E-state index contributed by atoms with van der Waals surface area (Å²) in [5.74, 6) is 3.29. The molecule has 10 heteroatoms. The summed E-state index contributed by atoms with van der Waals surface area (Å²) in [5, 5.41) is 8.14. The number of nitrogens with zero attached hydrogens (tertiary/aromatic N) is 8. The highest BCUT2D eigenvalue weighted by Crippen LogP contribution is 2.48. The largest absolute Gasteiger partial charge is 0.456 e. The molecule has 0 aliphatic heterocycles. The Morgan fingerprint density at radius 1 is 0.185 bits per heavy atom. The van der Waals surface area contributed by atoms with Gasteiger partial charge in [-0.25, -0.2) is 29.9 Å². The zero-order valence-corrected chi connectivity index (χ0v) is 58.2. The van der Waals surface area contributed by atoms with Crippen LogP contribution in [-0.2, 0) is 0 Å². The summed E-state index contributed by atoms with van der Waals surface area (Å²) in [4.78, 5) is 36.5. The predicted molar refractivity (Wildman–Crippen MR) is 441 cm³/mol. The first-order valence-corrected chi connectivity index (χ1v) is 36.1. The first-order chi connectivity index (χ1) is 53.5. The van der Waals surface area contributed by atoms with Gasteiger partial charge in [0, 0.05) is 101 Å². The third-order valence-corrected chi connectivity index (χ3v) is 20.3. The van der Waals surface area contributed by atoms with Gasteiger partial charge in [0.05, 0.1) is 11.4 Å². The molecule has 16 aromatic carbocycles. The summed E-state index contributed by atoms with van der Waals surface area (Å²) in [5.41, 5.74) is 19.9. The van der Waals surface area contributed by atoms with Crippen molar-refractivity contribution >= 4 is 99.5 Å². The van der Waals surface area contributed by atoms with Crippen LogP contribution in [0, 0.1) is 0 Å². The molecule has 108 heavy (non-hydrogen) atoms. The molecule has 0 bridgehead atoms. The molecule has 0 aliphatic carbocycles. The molecule has 10 nitrogen and oxygen atoms in total. The lowest BCUT2D eigenvalue weighted by atomic mass is 9.97. The van der Waals surface area contributed by atoms with Gasteiger partial charge in [-0.05, 0) is 129 Å². The highest BCUT2D eigenvalue weighted by molar-refractivity contribution is 6.15. The average molecular weight is 1380 g/mol. The van der Waals surface area contributed by atoms with Crippen LogP contribution in [0.25, 0.3) is 167 Å². The topological polar surface area (TPSA) is 110 Å². The molecule has 0 radical (unpaired) electrons. The van der Waals surface area contributed by atoms with E-state index < -0.39 is 0 Å². The van der Waals surface area contributed by atoms with E-state index in [0.29, 0.717) is 57.3 Å². The Hall–Kier alpha value is -14.7.